The molecular weight excluding hydrogens is 433 g/mol. The molecule has 1 N–H and O–H groups in total. The smallest absolute Gasteiger partial charge is 0.312 e. The second-order valence-corrected chi connectivity index (χ2v) is 8.85. The lowest BCUT2D eigenvalue weighted by Gasteiger charge is -2.40. The lowest BCUT2D eigenvalue weighted by atomic mass is 9.80. The summed E-state index contributed by atoms with van der Waals surface area (Å²) in [4.78, 5) is 4.53. The van der Waals surface area contributed by atoms with E-state index in [-0.39, 0.29) is 18.2 Å². The first-order valence-corrected chi connectivity index (χ1v) is 10.1. The first-order valence-electron chi connectivity index (χ1n) is 9.30. The number of halogens is 7. The Balaban J connectivity index is 1.81. The molecule has 0 saturated carbocycles. The molecule has 4 rings (SSSR count). The number of aromatic nitrogens is 1. The Hall–Kier alpha value is -1.81. The normalized spacial score (nSPS) is 24.4. The van der Waals surface area contributed by atoms with E-state index in [2.05, 4.69) is 10.3 Å². The number of aryl methyl sites for hydroxylation is 1. The van der Waals surface area contributed by atoms with Crippen LogP contribution in [-0.4, -0.2) is 29.9 Å². The highest BCUT2D eigenvalue weighted by Crippen LogP contribution is 2.56. The fourth-order valence-corrected chi connectivity index (χ4v) is 5.86. The minimum absolute atomic E-state index is 0.0109. The number of nitrogens with zero attached hydrogens (tertiary/aromatic N) is 1. The Kier molecular flexibility index (Phi) is 5.08. The molecule has 2 atom stereocenters. The Morgan fingerprint density at radius 3 is 2.23 bits per heavy atom. The Morgan fingerprint density at radius 2 is 1.60 bits per heavy atom. The maximum Gasteiger partial charge on any atom is 0.437 e. The zero-order valence-corrected chi connectivity index (χ0v) is 16.3. The number of hydrogen-bond donors (Lipinski definition) is 1. The van der Waals surface area contributed by atoms with Crippen molar-refractivity contribution >= 4 is 11.8 Å². The van der Waals surface area contributed by atoms with E-state index in [9.17, 15) is 30.7 Å². The lowest BCUT2D eigenvalue weighted by Crippen LogP contribution is -2.51. The Bertz CT molecular complexity index is 915. The summed E-state index contributed by atoms with van der Waals surface area (Å²) < 4.78 is 92.8. The van der Waals surface area contributed by atoms with Gasteiger partial charge in [0.15, 0.2) is 0 Å². The molecule has 2 aliphatic rings. The quantitative estimate of drug-likeness (QED) is 0.611. The van der Waals surface area contributed by atoms with Gasteiger partial charge in [-0.15, -0.1) is 11.8 Å². The molecule has 0 spiro atoms. The fourth-order valence-electron chi connectivity index (χ4n) is 4.31. The van der Waals surface area contributed by atoms with Crippen LogP contribution >= 0.6 is 11.8 Å². The second kappa shape index (κ2) is 7.12. The van der Waals surface area contributed by atoms with Crippen LogP contribution in [0, 0.1) is 0 Å². The zero-order valence-electron chi connectivity index (χ0n) is 15.4. The van der Waals surface area contributed by atoms with Crippen molar-refractivity contribution in [2.24, 2.45) is 0 Å². The number of nitrogens with one attached hydrogen (secondary N) is 1. The molecule has 2 heterocycles. The van der Waals surface area contributed by atoms with E-state index >= 15 is 0 Å². The van der Waals surface area contributed by atoms with Gasteiger partial charge in [-0.2, -0.15) is 26.3 Å². The number of alkyl halides is 7. The summed E-state index contributed by atoms with van der Waals surface area (Å²) in [5.41, 5.74) is -6.52. The fraction of sp³-hybridized carbons (Fsp3) is 0.450. The molecule has 0 amide bonds. The third-order valence-electron chi connectivity index (χ3n) is 5.73. The average Bonchev–Trinajstić information content (AvgIpc) is 3.09. The molecule has 10 heteroatoms. The molecule has 1 saturated heterocycles. The average molecular weight is 450 g/mol. The van der Waals surface area contributed by atoms with E-state index in [1.54, 1.807) is 0 Å². The number of hydrogen-bond acceptors (Lipinski definition) is 3. The molecule has 1 aromatic heterocycles. The van der Waals surface area contributed by atoms with Crippen LogP contribution < -0.4 is 5.32 Å². The molecule has 1 aliphatic carbocycles. The third-order valence-corrected chi connectivity index (χ3v) is 7.31. The van der Waals surface area contributed by atoms with Gasteiger partial charge in [0.1, 0.15) is 0 Å². The molecular formula is C20H17F7N2S. The molecule has 0 radical (unpaired) electrons. The van der Waals surface area contributed by atoms with Crippen LogP contribution in [0.15, 0.2) is 47.4 Å². The molecule has 1 aliphatic heterocycles. The Labute approximate surface area is 172 Å². The summed E-state index contributed by atoms with van der Waals surface area (Å²) in [5, 5.41) is 3.37. The van der Waals surface area contributed by atoms with Gasteiger partial charge in [0, 0.05) is 16.6 Å². The van der Waals surface area contributed by atoms with Crippen molar-refractivity contribution in [3.8, 4) is 0 Å². The molecule has 0 bridgehead atoms. The molecule has 1 fully saturated rings. The second-order valence-electron chi connectivity index (χ2n) is 7.44. The van der Waals surface area contributed by atoms with Crippen molar-refractivity contribution in [1.29, 1.82) is 0 Å². The van der Waals surface area contributed by atoms with E-state index in [1.807, 2.05) is 30.3 Å². The van der Waals surface area contributed by atoms with Gasteiger partial charge >= 0.3 is 18.0 Å². The molecule has 2 unspecified atom stereocenters. The summed E-state index contributed by atoms with van der Waals surface area (Å²) >= 11 is 1.51. The van der Waals surface area contributed by atoms with Gasteiger partial charge in [-0.25, -0.2) is 4.39 Å². The standard InChI is InChI=1S/C20H17F7N2S/c21-18(19(22,23)24,20(25,26)27)16-8-6-13-14(29-16)7-9-15-17(13,10-11-28-15)30-12-4-2-1-3-5-12/h1-6,8,15,28H,7,9-11H2. The van der Waals surface area contributed by atoms with E-state index in [1.165, 1.54) is 17.8 Å². The van der Waals surface area contributed by atoms with Gasteiger partial charge in [-0.05, 0) is 49.6 Å². The van der Waals surface area contributed by atoms with Crippen LogP contribution in [0.25, 0.3) is 0 Å². The van der Waals surface area contributed by atoms with Crippen LogP contribution in [0.4, 0.5) is 30.7 Å². The number of benzene rings is 1. The number of pyridine rings is 1. The van der Waals surface area contributed by atoms with Crippen molar-refractivity contribution < 1.29 is 30.7 Å². The number of rotatable bonds is 3. The van der Waals surface area contributed by atoms with E-state index < -0.39 is 28.5 Å². The van der Waals surface area contributed by atoms with Crippen LogP contribution in [0.2, 0.25) is 0 Å². The summed E-state index contributed by atoms with van der Waals surface area (Å²) in [6.45, 7) is 0.657. The van der Waals surface area contributed by atoms with E-state index in [0.29, 0.717) is 31.0 Å². The maximum absolute atomic E-state index is 14.5. The van der Waals surface area contributed by atoms with Gasteiger partial charge in [0.2, 0.25) is 0 Å². The number of fused-ring (bicyclic) bond motifs is 3. The largest absolute Gasteiger partial charge is 0.437 e. The molecule has 2 aromatic rings. The highest BCUT2D eigenvalue weighted by atomic mass is 32.2. The third kappa shape index (κ3) is 3.19. The van der Waals surface area contributed by atoms with Crippen LogP contribution in [-0.2, 0) is 16.8 Å². The topological polar surface area (TPSA) is 24.9 Å². The summed E-state index contributed by atoms with van der Waals surface area (Å²) in [6, 6.07) is 11.1. The van der Waals surface area contributed by atoms with Gasteiger partial charge in [0.25, 0.3) is 0 Å². The van der Waals surface area contributed by atoms with Crippen LogP contribution in [0.3, 0.4) is 0 Å². The molecule has 1 aromatic carbocycles. The minimum Gasteiger partial charge on any atom is -0.312 e. The first-order chi connectivity index (χ1) is 14.0. The maximum atomic E-state index is 14.5. The van der Waals surface area contributed by atoms with Crippen LogP contribution in [0.5, 0.6) is 0 Å². The summed E-state index contributed by atoms with van der Waals surface area (Å²) in [6.07, 6.45) is -11.1. The SMILES string of the molecule is FC(F)(F)C(F)(c1ccc2c(n1)CCC1NCCC21Sc1ccccc1)C(F)(F)F. The molecule has 2 nitrogen and oxygen atoms in total. The van der Waals surface area contributed by atoms with Gasteiger partial charge in [0.05, 0.1) is 10.4 Å². The first kappa shape index (κ1) is 21.4. The number of thioether (sulfide) groups is 1. The Morgan fingerprint density at radius 1 is 0.933 bits per heavy atom. The van der Waals surface area contributed by atoms with Gasteiger partial charge < -0.3 is 5.32 Å². The summed E-state index contributed by atoms with van der Waals surface area (Å²) in [5.74, 6) is 0. The highest BCUT2D eigenvalue weighted by molar-refractivity contribution is 8.00. The zero-order chi connectivity index (χ0) is 21.8. The summed E-state index contributed by atoms with van der Waals surface area (Å²) in [7, 11) is 0. The van der Waals surface area contributed by atoms with Crippen LogP contribution in [0.1, 0.15) is 29.8 Å². The van der Waals surface area contributed by atoms with Crippen molar-refractivity contribution in [2.75, 3.05) is 6.54 Å². The predicted octanol–water partition coefficient (Wildman–Crippen LogP) is 5.67. The van der Waals surface area contributed by atoms with E-state index in [4.69, 9.17) is 0 Å². The van der Waals surface area contributed by atoms with E-state index in [0.717, 1.165) is 4.90 Å². The van der Waals surface area contributed by atoms with Crippen molar-refractivity contribution in [3.63, 3.8) is 0 Å². The monoisotopic (exact) mass is 450 g/mol. The molecule has 30 heavy (non-hydrogen) atoms. The van der Waals surface area contributed by atoms with Crippen molar-refractivity contribution in [3.05, 3.63) is 59.4 Å². The van der Waals surface area contributed by atoms with Gasteiger partial charge in [-0.1, -0.05) is 24.3 Å². The van der Waals surface area contributed by atoms with Crippen molar-refractivity contribution in [1.82, 2.24) is 10.3 Å². The molecule has 162 valence electrons. The minimum atomic E-state index is -6.17. The highest BCUT2D eigenvalue weighted by Gasteiger charge is 2.74. The predicted molar refractivity (Wildman–Crippen MR) is 97.8 cm³/mol. The van der Waals surface area contributed by atoms with Crippen molar-refractivity contribution in [2.45, 2.75) is 53.0 Å². The van der Waals surface area contributed by atoms with Gasteiger partial charge in [-0.3, -0.25) is 4.98 Å². The lowest BCUT2D eigenvalue weighted by molar-refractivity contribution is -0.350.